The molecule has 3 heteroatoms. The first-order valence-corrected chi connectivity index (χ1v) is 4.77. The molecule has 0 saturated carbocycles. The van der Waals surface area contributed by atoms with Gasteiger partial charge in [-0.15, -0.1) is 0 Å². The molecule has 1 aromatic heterocycles. The quantitative estimate of drug-likeness (QED) is 0.726. The van der Waals surface area contributed by atoms with Gasteiger partial charge in [0.05, 0.1) is 5.52 Å². The molecule has 0 saturated heterocycles. The van der Waals surface area contributed by atoms with Crippen LogP contribution in [0.25, 0.3) is 11.0 Å². The summed E-state index contributed by atoms with van der Waals surface area (Å²) in [7, 11) is 0. The summed E-state index contributed by atoms with van der Waals surface area (Å²) in [5, 5.41) is 9.77. The van der Waals surface area contributed by atoms with Crippen molar-refractivity contribution in [3.8, 4) is 5.75 Å². The lowest BCUT2D eigenvalue weighted by atomic mass is 10.2. The van der Waals surface area contributed by atoms with E-state index in [9.17, 15) is 5.11 Å². The summed E-state index contributed by atoms with van der Waals surface area (Å²) in [5.74, 6) is 1.55. The normalized spacial score (nSPS) is 11.4. The highest BCUT2D eigenvalue weighted by Gasteiger charge is 2.10. The van der Waals surface area contributed by atoms with Crippen LogP contribution in [0.2, 0.25) is 0 Å². The lowest BCUT2D eigenvalue weighted by molar-refractivity contribution is 0.476. The number of phenols is 1. The summed E-state index contributed by atoms with van der Waals surface area (Å²) in [6.45, 7) is 6.02. The van der Waals surface area contributed by atoms with Gasteiger partial charge in [0.1, 0.15) is 17.1 Å². The molecule has 0 bridgehead atoms. The van der Waals surface area contributed by atoms with E-state index < -0.39 is 0 Å². The highest BCUT2D eigenvalue weighted by Crippen LogP contribution is 2.27. The van der Waals surface area contributed by atoms with Crippen LogP contribution in [0.3, 0.4) is 0 Å². The molecule has 74 valence electrons. The van der Waals surface area contributed by atoms with E-state index in [4.69, 9.17) is 0 Å². The van der Waals surface area contributed by atoms with Gasteiger partial charge in [0.25, 0.3) is 0 Å². The number of hydrogen-bond acceptors (Lipinski definition) is 2. The number of nitrogens with zero attached hydrogens (tertiary/aromatic N) is 1. The van der Waals surface area contributed by atoms with Gasteiger partial charge in [0.15, 0.2) is 0 Å². The maximum atomic E-state index is 9.77. The maximum absolute atomic E-state index is 9.77. The van der Waals surface area contributed by atoms with Gasteiger partial charge in [-0.2, -0.15) is 0 Å². The van der Waals surface area contributed by atoms with Crippen LogP contribution in [0, 0.1) is 6.92 Å². The van der Waals surface area contributed by atoms with E-state index in [0.717, 1.165) is 16.9 Å². The molecular formula is C11H14N2O. The average Bonchev–Trinajstić information content (AvgIpc) is 2.56. The summed E-state index contributed by atoms with van der Waals surface area (Å²) in [6.07, 6.45) is 0. The minimum absolute atomic E-state index is 0.283. The Hall–Kier alpha value is -1.51. The SMILES string of the molecule is Cc1ccc2[nH]c(C(C)C)nc2c1O. The molecule has 0 amide bonds. The van der Waals surface area contributed by atoms with Crippen molar-refractivity contribution in [3.05, 3.63) is 23.5 Å². The zero-order chi connectivity index (χ0) is 10.3. The minimum atomic E-state index is 0.283. The Kier molecular flexibility index (Phi) is 1.95. The first-order chi connectivity index (χ1) is 6.59. The van der Waals surface area contributed by atoms with Crippen molar-refractivity contribution in [2.24, 2.45) is 0 Å². The molecule has 2 N–H and O–H groups in total. The van der Waals surface area contributed by atoms with Gasteiger partial charge < -0.3 is 10.1 Å². The second-order valence-electron chi connectivity index (χ2n) is 3.90. The molecule has 14 heavy (non-hydrogen) atoms. The molecular weight excluding hydrogens is 176 g/mol. The number of H-pyrrole nitrogens is 1. The van der Waals surface area contributed by atoms with E-state index in [-0.39, 0.29) is 5.75 Å². The zero-order valence-corrected chi connectivity index (χ0v) is 8.63. The monoisotopic (exact) mass is 190 g/mol. The lowest BCUT2D eigenvalue weighted by Crippen LogP contribution is -1.88. The van der Waals surface area contributed by atoms with E-state index in [2.05, 4.69) is 23.8 Å². The number of hydrogen-bond donors (Lipinski definition) is 2. The van der Waals surface area contributed by atoms with Crippen LogP contribution < -0.4 is 0 Å². The van der Waals surface area contributed by atoms with Gasteiger partial charge in [-0.05, 0) is 18.6 Å². The molecule has 0 fully saturated rings. The molecule has 0 spiro atoms. The van der Waals surface area contributed by atoms with Gasteiger partial charge in [-0.3, -0.25) is 0 Å². The number of benzene rings is 1. The van der Waals surface area contributed by atoms with Crippen LogP contribution >= 0.6 is 0 Å². The van der Waals surface area contributed by atoms with Crippen molar-refractivity contribution in [3.63, 3.8) is 0 Å². The fraction of sp³-hybridized carbons (Fsp3) is 0.364. The van der Waals surface area contributed by atoms with Crippen molar-refractivity contribution in [2.45, 2.75) is 26.7 Å². The average molecular weight is 190 g/mol. The smallest absolute Gasteiger partial charge is 0.146 e. The van der Waals surface area contributed by atoms with Crippen LogP contribution in [0.4, 0.5) is 0 Å². The number of aromatic nitrogens is 2. The van der Waals surface area contributed by atoms with Crippen LogP contribution in [-0.4, -0.2) is 15.1 Å². The van der Waals surface area contributed by atoms with Gasteiger partial charge in [0.2, 0.25) is 0 Å². The van der Waals surface area contributed by atoms with Crippen LogP contribution in [-0.2, 0) is 0 Å². The Morgan fingerprint density at radius 2 is 2.07 bits per heavy atom. The summed E-state index contributed by atoms with van der Waals surface area (Å²) < 4.78 is 0. The van der Waals surface area contributed by atoms with Crippen LogP contribution in [0.5, 0.6) is 5.75 Å². The Morgan fingerprint density at radius 1 is 1.36 bits per heavy atom. The van der Waals surface area contributed by atoms with Crippen molar-refractivity contribution >= 4 is 11.0 Å². The van der Waals surface area contributed by atoms with Crippen molar-refractivity contribution in [2.75, 3.05) is 0 Å². The molecule has 2 rings (SSSR count). The molecule has 0 aliphatic rings. The largest absolute Gasteiger partial charge is 0.505 e. The maximum Gasteiger partial charge on any atom is 0.146 e. The number of aryl methyl sites for hydroxylation is 1. The van der Waals surface area contributed by atoms with Gasteiger partial charge in [-0.25, -0.2) is 4.98 Å². The van der Waals surface area contributed by atoms with Crippen molar-refractivity contribution in [1.82, 2.24) is 9.97 Å². The van der Waals surface area contributed by atoms with Gasteiger partial charge >= 0.3 is 0 Å². The molecule has 2 aromatic rings. The van der Waals surface area contributed by atoms with E-state index in [0.29, 0.717) is 11.4 Å². The molecule has 0 atom stereocenters. The highest BCUT2D eigenvalue weighted by molar-refractivity contribution is 5.82. The van der Waals surface area contributed by atoms with E-state index >= 15 is 0 Å². The zero-order valence-electron chi connectivity index (χ0n) is 8.63. The number of aromatic amines is 1. The molecule has 0 aliphatic carbocycles. The van der Waals surface area contributed by atoms with Crippen molar-refractivity contribution < 1.29 is 5.11 Å². The molecule has 0 unspecified atom stereocenters. The summed E-state index contributed by atoms with van der Waals surface area (Å²) in [4.78, 5) is 7.56. The fourth-order valence-corrected chi connectivity index (χ4v) is 1.45. The standard InChI is InChI=1S/C11H14N2O/c1-6(2)11-12-8-5-4-7(3)10(14)9(8)13-11/h4-6,14H,1-3H3,(H,12,13). The number of imidazole rings is 1. The Labute approximate surface area is 82.8 Å². The third-order valence-corrected chi connectivity index (χ3v) is 2.39. The number of nitrogens with one attached hydrogen (secondary N) is 1. The van der Waals surface area contributed by atoms with Crippen LogP contribution in [0.1, 0.15) is 31.2 Å². The highest BCUT2D eigenvalue weighted by atomic mass is 16.3. The second kappa shape index (κ2) is 3.01. The predicted octanol–water partition coefficient (Wildman–Crippen LogP) is 2.70. The number of phenolic OH excluding ortho intramolecular Hbond substituents is 1. The molecule has 3 nitrogen and oxygen atoms in total. The van der Waals surface area contributed by atoms with E-state index in [1.165, 1.54) is 0 Å². The van der Waals surface area contributed by atoms with E-state index in [1.807, 2.05) is 19.1 Å². The van der Waals surface area contributed by atoms with Gasteiger partial charge in [0, 0.05) is 5.92 Å². The summed E-state index contributed by atoms with van der Waals surface area (Å²) >= 11 is 0. The number of aromatic hydroxyl groups is 1. The molecule has 0 radical (unpaired) electrons. The molecule has 1 heterocycles. The third kappa shape index (κ3) is 1.25. The Balaban J connectivity index is 2.71. The minimum Gasteiger partial charge on any atom is -0.505 e. The molecule has 1 aromatic carbocycles. The topological polar surface area (TPSA) is 48.9 Å². The third-order valence-electron chi connectivity index (χ3n) is 2.39. The van der Waals surface area contributed by atoms with E-state index in [1.54, 1.807) is 0 Å². The first-order valence-electron chi connectivity index (χ1n) is 4.77. The predicted molar refractivity (Wildman–Crippen MR) is 56.6 cm³/mol. The molecule has 0 aliphatic heterocycles. The lowest BCUT2D eigenvalue weighted by Gasteiger charge is -1.96. The van der Waals surface area contributed by atoms with Crippen molar-refractivity contribution in [1.29, 1.82) is 0 Å². The number of fused-ring (bicyclic) bond motifs is 1. The van der Waals surface area contributed by atoms with Gasteiger partial charge in [-0.1, -0.05) is 19.9 Å². The fourth-order valence-electron chi connectivity index (χ4n) is 1.45. The van der Waals surface area contributed by atoms with Crippen LogP contribution in [0.15, 0.2) is 12.1 Å². The number of rotatable bonds is 1. The first kappa shape index (κ1) is 9.06. The second-order valence-corrected chi connectivity index (χ2v) is 3.90. The summed E-state index contributed by atoms with van der Waals surface area (Å²) in [5.41, 5.74) is 2.44. The summed E-state index contributed by atoms with van der Waals surface area (Å²) in [6, 6.07) is 3.84. The Morgan fingerprint density at radius 3 is 2.71 bits per heavy atom. The Bertz CT molecular complexity index is 471.